The largest absolute Gasteiger partial charge is 0.326 e. The number of hydrogen-bond donors (Lipinski definition) is 1. The summed E-state index contributed by atoms with van der Waals surface area (Å²) < 4.78 is 1.35. The molecule has 4 heteroatoms. The Kier molecular flexibility index (Phi) is 5.06. The number of benzene rings is 1. The minimum atomic E-state index is 0.644. The van der Waals surface area contributed by atoms with Crippen molar-refractivity contribution in [3.63, 3.8) is 0 Å². The summed E-state index contributed by atoms with van der Waals surface area (Å²) in [6, 6.07) is 8.61. The van der Waals surface area contributed by atoms with E-state index in [1.54, 1.807) is 0 Å². The van der Waals surface area contributed by atoms with Crippen molar-refractivity contribution in [2.45, 2.75) is 13.1 Å². The Bertz CT molecular complexity index is 507. The number of fused-ring (bicyclic) bond motifs is 1. The molecule has 2 N–H and O–H groups in total. The van der Waals surface area contributed by atoms with E-state index in [4.69, 9.17) is 5.73 Å². The van der Waals surface area contributed by atoms with Crippen LogP contribution in [0.4, 0.5) is 0 Å². The van der Waals surface area contributed by atoms with Crippen molar-refractivity contribution >= 4 is 33.2 Å². The van der Waals surface area contributed by atoms with Gasteiger partial charge in [0, 0.05) is 35.0 Å². The second-order valence-corrected chi connectivity index (χ2v) is 6.56. The molecule has 0 spiro atoms. The third-order valence-corrected chi connectivity index (χ3v) is 4.90. The molecule has 2 nitrogen and oxygen atoms in total. The molecule has 1 aromatic carbocycles. The zero-order chi connectivity index (χ0) is 13.0. The first kappa shape index (κ1) is 13.9. The fraction of sp³-hybridized carbons (Fsp3) is 0.429. The van der Waals surface area contributed by atoms with Gasteiger partial charge in [-0.1, -0.05) is 18.2 Å². The summed E-state index contributed by atoms with van der Waals surface area (Å²) in [7, 11) is 2.18. The summed E-state index contributed by atoms with van der Waals surface area (Å²) in [6.07, 6.45) is 2.15. The van der Waals surface area contributed by atoms with Crippen LogP contribution in [0, 0.1) is 0 Å². The van der Waals surface area contributed by atoms with Gasteiger partial charge in [0.2, 0.25) is 0 Å². The minimum Gasteiger partial charge on any atom is -0.326 e. The molecule has 0 fully saturated rings. The van der Waals surface area contributed by atoms with Crippen molar-refractivity contribution < 1.29 is 0 Å². The van der Waals surface area contributed by atoms with E-state index in [-0.39, 0.29) is 0 Å². The van der Waals surface area contributed by atoms with E-state index in [1.165, 1.54) is 26.3 Å². The lowest BCUT2D eigenvalue weighted by Crippen LogP contribution is -2.21. The molecule has 98 valence electrons. The number of nitrogens with two attached hydrogens (primary N) is 1. The predicted molar refractivity (Wildman–Crippen MR) is 84.4 cm³/mol. The van der Waals surface area contributed by atoms with Crippen LogP contribution in [0.2, 0.25) is 0 Å². The summed E-state index contributed by atoms with van der Waals surface area (Å²) in [5, 5.41) is 1.37. The highest BCUT2D eigenvalue weighted by molar-refractivity contribution is 7.98. The van der Waals surface area contributed by atoms with E-state index in [1.807, 2.05) is 23.1 Å². The first-order valence-electron chi connectivity index (χ1n) is 6.13. The van der Waals surface area contributed by atoms with Crippen molar-refractivity contribution in [3.05, 3.63) is 34.7 Å². The van der Waals surface area contributed by atoms with Gasteiger partial charge in [-0.25, -0.2) is 0 Å². The molecule has 18 heavy (non-hydrogen) atoms. The van der Waals surface area contributed by atoms with Crippen LogP contribution in [0.3, 0.4) is 0 Å². The van der Waals surface area contributed by atoms with Gasteiger partial charge in [0.1, 0.15) is 0 Å². The molecule has 2 rings (SSSR count). The Morgan fingerprint density at radius 2 is 2.11 bits per heavy atom. The van der Waals surface area contributed by atoms with Gasteiger partial charge >= 0.3 is 0 Å². The Hall–Kier alpha value is -0.550. The molecule has 0 bridgehead atoms. The van der Waals surface area contributed by atoms with Gasteiger partial charge in [0.15, 0.2) is 0 Å². The first-order chi connectivity index (χ1) is 8.76. The molecule has 0 aliphatic heterocycles. The van der Waals surface area contributed by atoms with E-state index in [2.05, 4.69) is 42.5 Å². The topological polar surface area (TPSA) is 29.3 Å². The molecule has 1 aromatic heterocycles. The van der Waals surface area contributed by atoms with Crippen LogP contribution in [0.1, 0.15) is 10.4 Å². The molecule has 0 saturated heterocycles. The van der Waals surface area contributed by atoms with E-state index in [0.29, 0.717) is 6.54 Å². The average molecular weight is 280 g/mol. The zero-order valence-corrected chi connectivity index (χ0v) is 12.6. The highest BCUT2D eigenvalue weighted by Crippen LogP contribution is 2.31. The van der Waals surface area contributed by atoms with Gasteiger partial charge in [0.05, 0.1) is 0 Å². The molecule has 0 aliphatic carbocycles. The van der Waals surface area contributed by atoms with Crippen LogP contribution >= 0.6 is 23.1 Å². The molecule has 1 heterocycles. The molecular weight excluding hydrogens is 260 g/mol. The van der Waals surface area contributed by atoms with Gasteiger partial charge in [-0.2, -0.15) is 11.8 Å². The van der Waals surface area contributed by atoms with Crippen molar-refractivity contribution in [1.29, 1.82) is 0 Å². The monoisotopic (exact) mass is 280 g/mol. The predicted octanol–water partition coefficient (Wildman–Crippen LogP) is 3.15. The van der Waals surface area contributed by atoms with Crippen LogP contribution in [-0.4, -0.2) is 30.5 Å². The van der Waals surface area contributed by atoms with Crippen LogP contribution in [-0.2, 0) is 13.1 Å². The Balaban J connectivity index is 2.25. The lowest BCUT2D eigenvalue weighted by Gasteiger charge is -2.16. The maximum absolute atomic E-state index is 5.88. The number of hydrogen-bond acceptors (Lipinski definition) is 4. The standard InChI is InChI=1S/C14H20N2S2/c1-16(7-8-17-2)10-12-11-5-3-4-6-13(11)18-14(12)9-15/h3-6H,7-10,15H2,1-2H3. The Morgan fingerprint density at radius 3 is 2.83 bits per heavy atom. The van der Waals surface area contributed by atoms with Crippen LogP contribution in [0.25, 0.3) is 10.1 Å². The number of rotatable bonds is 6. The fourth-order valence-corrected chi connectivity index (χ4v) is 3.67. The van der Waals surface area contributed by atoms with Gasteiger partial charge < -0.3 is 10.6 Å². The SMILES string of the molecule is CSCCN(C)Cc1c(CN)sc2ccccc12. The summed E-state index contributed by atoms with van der Waals surface area (Å²) in [4.78, 5) is 3.71. The van der Waals surface area contributed by atoms with Crippen LogP contribution < -0.4 is 5.73 Å². The fourth-order valence-electron chi connectivity index (χ4n) is 2.08. The summed E-state index contributed by atoms with van der Waals surface area (Å²) >= 11 is 3.73. The first-order valence-corrected chi connectivity index (χ1v) is 8.34. The summed E-state index contributed by atoms with van der Waals surface area (Å²) in [5.41, 5.74) is 7.30. The smallest absolute Gasteiger partial charge is 0.0349 e. The lowest BCUT2D eigenvalue weighted by atomic mass is 10.1. The maximum Gasteiger partial charge on any atom is 0.0349 e. The Labute approximate surface area is 117 Å². The van der Waals surface area contributed by atoms with Crippen molar-refractivity contribution in [1.82, 2.24) is 4.90 Å². The van der Waals surface area contributed by atoms with Gasteiger partial charge in [-0.3, -0.25) is 0 Å². The molecular formula is C14H20N2S2. The highest BCUT2D eigenvalue weighted by Gasteiger charge is 2.12. The quantitative estimate of drug-likeness (QED) is 0.881. The second-order valence-electron chi connectivity index (χ2n) is 4.43. The molecule has 0 atom stereocenters. The van der Waals surface area contributed by atoms with Crippen molar-refractivity contribution in [3.8, 4) is 0 Å². The molecule has 0 amide bonds. The lowest BCUT2D eigenvalue weighted by molar-refractivity contribution is 0.349. The summed E-state index contributed by atoms with van der Waals surface area (Å²) in [5.74, 6) is 1.18. The van der Waals surface area contributed by atoms with Crippen LogP contribution in [0.5, 0.6) is 0 Å². The zero-order valence-electron chi connectivity index (χ0n) is 11.0. The molecule has 0 aliphatic rings. The van der Waals surface area contributed by atoms with E-state index >= 15 is 0 Å². The van der Waals surface area contributed by atoms with Gasteiger partial charge in [-0.15, -0.1) is 11.3 Å². The average Bonchev–Trinajstić information content (AvgIpc) is 2.75. The molecule has 0 saturated carbocycles. The highest BCUT2D eigenvalue weighted by atomic mass is 32.2. The second kappa shape index (κ2) is 6.57. The molecule has 0 unspecified atom stereocenters. The van der Waals surface area contributed by atoms with Crippen molar-refractivity contribution in [2.24, 2.45) is 5.73 Å². The number of nitrogens with zero attached hydrogens (tertiary/aromatic N) is 1. The number of thioether (sulfide) groups is 1. The maximum atomic E-state index is 5.88. The molecule has 0 radical (unpaired) electrons. The third-order valence-electron chi connectivity index (χ3n) is 3.07. The Morgan fingerprint density at radius 1 is 1.33 bits per heavy atom. The summed E-state index contributed by atoms with van der Waals surface area (Å²) in [6.45, 7) is 2.76. The molecule has 2 aromatic rings. The number of thiophene rings is 1. The van der Waals surface area contributed by atoms with E-state index in [0.717, 1.165) is 13.1 Å². The van der Waals surface area contributed by atoms with Crippen molar-refractivity contribution in [2.75, 3.05) is 25.6 Å². The van der Waals surface area contributed by atoms with E-state index < -0.39 is 0 Å². The van der Waals surface area contributed by atoms with Gasteiger partial charge in [-0.05, 0) is 30.3 Å². The van der Waals surface area contributed by atoms with Gasteiger partial charge in [0.25, 0.3) is 0 Å². The van der Waals surface area contributed by atoms with Crippen LogP contribution in [0.15, 0.2) is 24.3 Å². The normalized spacial score (nSPS) is 11.6. The van der Waals surface area contributed by atoms with E-state index in [9.17, 15) is 0 Å². The third kappa shape index (κ3) is 3.06. The minimum absolute atomic E-state index is 0.644.